The number of rotatable bonds is 2. The highest BCUT2D eigenvalue weighted by atomic mass is 16.2. The van der Waals surface area contributed by atoms with E-state index in [0.29, 0.717) is 17.9 Å². The van der Waals surface area contributed by atoms with Crippen LogP contribution in [0.15, 0.2) is 0 Å². The molecular formula is C15H29N2O+. The average molecular weight is 253 g/mol. The lowest BCUT2D eigenvalue weighted by Gasteiger charge is -2.34. The van der Waals surface area contributed by atoms with Crippen LogP contribution in [-0.2, 0) is 4.79 Å². The van der Waals surface area contributed by atoms with E-state index in [1.165, 1.54) is 38.6 Å². The number of likely N-dealkylation sites (tertiary alicyclic amines) is 2. The summed E-state index contributed by atoms with van der Waals surface area (Å²) in [6.45, 7) is 8.87. The number of nitrogens with zero attached hydrogens (tertiary/aromatic N) is 1. The summed E-state index contributed by atoms with van der Waals surface area (Å²) in [7, 11) is 0. The summed E-state index contributed by atoms with van der Waals surface area (Å²) >= 11 is 0. The van der Waals surface area contributed by atoms with Gasteiger partial charge in [-0.15, -0.1) is 0 Å². The molecule has 0 aromatic rings. The Hall–Kier alpha value is -0.570. The number of quaternary nitrogens is 1. The highest BCUT2D eigenvalue weighted by molar-refractivity contribution is 5.79. The van der Waals surface area contributed by atoms with Crippen LogP contribution in [0, 0.1) is 5.92 Å². The first kappa shape index (κ1) is 13.9. The topological polar surface area (TPSA) is 24.8 Å². The third kappa shape index (κ3) is 3.47. The lowest BCUT2D eigenvalue weighted by Crippen LogP contribution is -3.16. The number of piperidine rings is 1. The van der Waals surface area contributed by atoms with Gasteiger partial charge in [0, 0.05) is 13.1 Å². The normalized spacial score (nSPS) is 30.3. The molecule has 2 heterocycles. The van der Waals surface area contributed by atoms with Crippen molar-refractivity contribution in [2.24, 2.45) is 5.92 Å². The van der Waals surface area contributed by atoms with E-state index in [2.05, 4.69) is 18.7 Å². The molecule has 0 aromatic carbocycles. The highest BCUT2D eigenvalue weighted by Gasteiger charge is 2.32. The molecule has 1 N–H and O–H groups in total. The van der Waals surface area contributed by atoms with Gasteiger partial charge in [0.2, 0.25) is 5.91 Å². The quantitative estimate of drug-likeness (QED) is 0.783. The maximum absolute atomic E-state index is 12.6. The van der Waals surface area contributed by atoms with Gasteiger partial charge in [0.1, 0.15) is 0 Å². The second-order valence-electron chi connectivity index (χ2n) is 6.35. The Morgan fingerprint density at radius 3 is 2.39 bits per heavy atom. The van der Waals surface area contributed by atoms with Gasteiger partial charge < -0.3 is 9.80 Å². The van der Waals surface area contributed by atoms with E-state index in [4.69, 9.17) is 0 Å². The average Bonchev–Trinajstić information content (AvgIpc) is 2.67. The number of hydrogen-bond donors (Lipinski definition) is 1. The summed E-state index contributed by atoms with van der Waals surface area (Å²) in [5.74, 6) is 0.754. The lowest BCUT2D eigenvalue weighted by molar-refractivity contribution is -0.928. The molecule has 0 spiro atoms. The largest absolute Gasteiger partial charge is 0.342 e. The van der Waals surface area contributed by atoms with Crippen LogP contribution in [0.2, 0.25) is 0 Å². The van der Waals surface area contributed by atoms with Crippen LogP contribution in [0.1, 0.15) is 52.4 Å². The SMILES string of the molecule is CC(C)[NH+]1CCCC(C(=O)N2CCCCCC2)C1. The molecule has 0 aromatic heterocycles. The van der Waals surface area contributed by atoms with Crippen molar-refractivity contribution in [1.82, 2.24) is 4.90 Å². The van der Waals surface area contributed by atoms with Crippen LogP contribution in [0.25, 0.3) is 0 Å². The molecule has 2 aliphatic heterocycles. The molecule has 2 aliphatic rings. The maximum atomic E-state index is 12.6. The second kappa shape index (κ2) is 6.55. The maximum Gasteiger partial charge on any atom is 0.231 e. The molecule has 2 rings (SSSR count). The number of carbonyl (C=O) groups excluding carboxylic acids is 1. The molecule has 2 saturated heterocycles. The van der Waals surface area contributed by atoms with Crippen LogP contribution >= 0.6 is 0 Å². The smallest absolute Gasteiger partial charge is 0.231 e. The van der Waals surface area contributed by atoms with Crippen molar-refractivity contribution >= 4 is 5.91 Å². The van der Waals surface area contributed by atoms with Crippen LogP contribution in [-0.4, -0.2) is 43.0 Å². The number of nitrogens with one attached hydrogen (secondary N) is 1. The Morgan fingerprint density at radius 2 is 1.78 bits per heavy atom. The van der Waals surface area contributed by atoms with Gasteiger partial charge in [-0.3, -0.25) is 4.79 Å². The van der Waals surface area contributed by atoms with Gasteiger partial charge in [-0.05, 0) is 39.5 Å². The van der Waals surface area contributed by atoms with Crippen molar-refractivity contribution in [3.05, 3.63) is 0 Å². The van der Waals surface area contributed by atoms with Crippen molar-refractivity contribution in [2.75, 3.05) is 26.2 Å². The molecule has 0 bridgehead atoms. The molecular weight excluding hydrogens is 224 g/mol. The first-order chi connectivity index (χ1) is 8.68. The van der Waals surface area contributed by atoms with Gasteiger partial charge in [-0.1, -0.05) is 12.8 Å². The van der Waals surface area contributed by atoms with E-state index in [1.807, 2.05) is 0 Å². The highest BCUT2D eigenvalue weighted by Crippen LogP contribution is 2.16. The van der Waals surface area contributed by atoms with Crippen LogP contribution in [0.4, 0.5) is 0 Å². The van der Waals surface area contributed by atoms with E-state index in [1.54, 1.807) is 4.90 Å². The van der Waals surface area contributed by atoms with E-state index < -0.39 is 0 Å². The number of hydrogen-bond acceptors (Lipinski definition) is 1. The van der Waals surface area contributed by atoms with Gasteiger partial charge in [0.05, 0.1) is 25.0 Å². The van der Waals surface area contributed by atoms with Gasteiger partial charge in [-0.2, -0.15) is 0 Å². The zero-order valence-corrected chi connectivity index (χ0v) is 12.1. The Kier molecular flexibility index (Phi) is 5.04. The van der Waals surface area contributed by atoms with E-state index in [9.17, 15) is 4.79 Å². The van der Waals surface area contributed by atoms with Crippen molar-refractivity contribution in [2.45, 2.75) is 58.4 Å². The molecule has 0 radical (unpaired) electrons. The molecule has 2 fully saturated rings. The minimum atomic E-state index is 0.300. The summed E-state index contributed by atoms with van der Waals surface area (Å²) in [4.78, 5) is 16.4. The molecule has 2 atom stereocenters. The van der Waals surface area contributed by atoms with Crippen molar-refractivity contribution in [3.8, 4) is 0 Å². The monoisotopic (exact) mass is 253 g/mol. The Balaban J connectivity index is 1.90. The molecule has 18 heavy (non-hydrogen) atoms. The molecule has 3 heteroatoms. The number of amides is 1. The van der Waals surface area contributed by atoms with E-state index in [0.717, 1.165) is 26.1 Å². The molecule has 104 valence electrons. The van der Waals surface area contributed by atoms with Gasteiger partial charge >= 0.3 is 0 Å². The van der Waals surface area contributed by atoms with Crippen LogP contribution in [0.3, 0.4) is 0 Å². The third-order valence-corrected chi connectivity index (χ3v) is 4.64. The van der Waals surface area contributed by atoms with Crippen molar-refractivity contribution in [3.63, 3.8) is 0 Å². The summed E-state index contributed by atoms with van der Waals surface area (Å²) < 4.78 is 0. The Labute approximate surface area is 112 Å². The summed E-state index contributed by atoms with van der Waals surface area (Å²) in [6.07, 6.45) is 7.36. The molecule has 2 unspecified atom stereocenters. The zero-order chi connectivity index (χ0) is 13.0. The molecule has 1 amide bonds. The van der Waals surface area contributed by atoms with Crippen molar-refractivity contribution < 1.29 is 9.69 Å². The minimum Gasteiger partial charge on any atom is -0.342 e. The Bertz CT molecular complexity index is 270. The van der Waals surface area contributed by atoms with E-state index in [-0.39, 0.29) is 0 Å². The van der Waals surface area contributed by atoms with Gasteiger partial charge in [0.25, 0.3) is 0 Å². The summed E-state index contributed by atoms with van der Waals surface area (Å²) in [6, 6.07) is 0.657. The molecule has 0 aliphatic carbocycles. The third-order valence-electron chi connectivity index (χ3n) is 4.64. The fourth-order valence-electron chi connectivity index (χ4n) is 3.38. The van der Waals surface area contributed by atoms with E-state index >= 15 is 0 Å². The minimum absolute atomic E-state index is 0.300. The fourth-order valence-corrected chi connectivity index (χ4v) is 3.38. The summed E-state index contributed by atoms with van der Waals surface area (Å²) in [5.41, 5.74) is 0. The predicted molar refractivity (Wildman–Crippen MR) is 73.6 cm³/mol. The van der Waals surface area contributed by atoms with Gasteiger partial charge in [0.15, 0.2) is 0 Å². The fraction of sp³-hybridized carbons (Fsp3) is 0.933. The van der Waals surface area contributed by atoms with Crippen LogP contribution < -0.4 is 4.90 Å². The summed E-state index contributed by atoms with van der Waals surface area (Å²) in [5, 5.41) is 0. The van der Waals surface area contributed by atoms with Gasteiger partial charge in [-0.25, -0.2) is 0 Å². The first-order valence-corrected chi connectivity index (χ1v) is 7.82. The second-order valence-corrected chi connectivity index (χ2v) is 6.35. The lowest BCUT2D eigenvalue weighted by atomic mass is 9.95. The van der Waals surface area contributed by atoms with Crippen LogP contribution in [0.5, 0.6) is 0 Å². The van der Waals surface area contributed by atoms with Crippen molar-refractivity contribution in [1.29, 1.82) is 0 Å². The zero-order valence-electron chi connectivity index (χ0n) is 12.1. The molecule has 0 saturated carbocycles. The first-order valence-electron chi connectivity index (χ1n) is 7.82. The predicted octanol–water partition coefficient (Wildman–Crippen LogP) is 1.09. The standard InChI is InChI=1S/C15H28N2O/c1-13(2)17-11-7-8-14(12-17)15(18)16-9-5-3-4-6-10-16/h13-14H,3-12H2,1-2H3/p+1. The Morgan fingerprint density at radius 1 is 1.11 bits per heavy atom. The number of carbonyl (C=O) groups is 1. The molecule has 3 nitrogen and oxygen atoms in total.